The predicted molar refractivity (Wildman–Crippen MR) is 68.1 cm³/mol. The van der Waals surface area contributed by atoms with E-state index in [0.29, 0.717) is 18.0 Å². The van der Waals surface area contributed by atoms with Gasteiger partial charge in [-0.05, 0) is 30.5 Å². The van der Waals surface area contributed by atoms with Crippen molar-refractivity contribution in [3.05, 3.63) is 23.8 Å². The molecule has 1 aromatic rings. The van der Waals surface area contributed by atoms with Crippen LogP contribution in [0.1, 0.15) is 18.4 Å². The van der Waals surface area contributed by atoms with Crippen molar-refractivity contribution in [2.24, 2.45) is 5.92 Å². The standard InChI is InChI=1S/C14H15NO5/c16-13(7-18-14(17)10-2-3-10)15-6-9-1-4-11-12(5-9)20-8-19-11/h1,4-5,10H,2-3,6-8H2,(H,15,16). The minimum atomic E-state index is -0.309. The van der Waals surface area contributed by atoms with Crippen molar-refractivity contribution in [1.82, 2.24) is 5.32 Å². The molecule has 6 heteroatoms. The van der Waals surface area contributed by atoms with Crippen LogP contribution < -0.4 is 14.8 Å². The maximum absolute atomic E-state index is 11.6. The number of esters is 1. The van der Waals surface area contributed by atoms with Crippen molar-refractivity contribution in [3.8, 4) is 11.5 Å². The number of nitrogens with one attached hydrogen (secondary N) is 1. The molecule has 1 aliphatic carbocycles. The van der Waals surface area contributed by atoms with Crippen LogP contribution in [0.25, 0.3) is 0 Å². The van der Waals surface area contributed by atoms with Gasteiger partial charge in [-0.25, -0.2) is 0 Å². The summed E-state index contributed by atoms with van der Waals surface area (Å²) in [5, 5.41) is 2.69. The van der Waals surface area contributed by atoms with Crippen molar-refractivity contribution in [3.63, 3.8) is 0 Å². The zero-order valence-corrected chi connectivity index (χ0v) is 10.9. The molecule has 0 spiro atoms. The Morgan fingerprint density at radius 2 is 2.05 bits per heavy atom. The van der Waals surface area contributed by atoms with Gasteiger partial charge in [0.2, 0.25) is 6.79 Å². The van der Waals surface area contributed by atoms with E-state index in [1.807, 2.05) is 12.1 Å². The number of hydrogen-bond donors (Lipinski definition) is 1. The van der Waals surface area contributed by atoms with Crippen LogP contribution in [0.2, 0.25) is 0 Å². The molecule has 1 fully saturated rings. The minimum Gasteiger partial charge on any atom is -0.455 e. The number of carbonyl (C=O) groups is 2. The first kappa shape index (κ1) is 12.8. The van der Waals surface area contributed by atoms with Gasteiger partial charge in [0.25, 0.3) is 5.91 Å². The highest BCUT2D eigenvalue weighted by Crippen LogP contribution is 2.32. The largest absolute Gasteiger partial charge is 0.455 e. The molecule has 1 aromatic carbocycles. The first-order valence-corrected chi connectivity index (χ1v) is 6.54. The number of rotatable bonds is 5. The molecule has 20 heavy (non-hydrogen) atoms. The molecule has 1 aliphatic heterocycles. The predicted octanol–water partition coefficient (Wildman–Crippen LogP) is 0.985. The Morgan fingerprint density at radius 1 is 1.25 bits per heavy atom. The molecule has 0 saturated heterocycles. The van der Waals surface area contributed by atoms with E-state index in [2.05, 4.69) is 5.32 Å². The van der Waals surface area contributed by atoms with E-state index in [9.17, 15) is 9.59 Å². The second kappa shape index (κ2) is 5.40. The molecular formula is C14H15NO5. The Labute approximate surface area is 116 Å². The second-order valence-electron chi connectivity index (χ2n) is 4.85. The maximum Gasteiger partial charge on any atom is 0.309 e. The highest BCUT2D eigenvalue weighted by Gasteiger charge is 2.31. The fourth-order valence-electron chi connectivity index (χ4n) is 1.88. The summed E-state index contributed by atoms with van der Waals surface area (Å²) in [5.74, 6) is 0.812. The van der Waals surface area contributed by atoms with Crippen LogP contribution in [0.5, 0.6) is 11.5 Å². The van der Waals surface area contributed by atoms with Crippen LogP contribution in [0, 0.1) is 5.92 Å². The van der Waals surface area contributed by atoms with Crippen LogP contribution in [-0.2, 0) is 20.9 Å². The number of benzene rings is 1. The highest BCUT2D eigenvalue weighted by molar-refractivity contribution is 5.82. The Hall–Kier alpha value is -2.24. The summed E-state index contributed by atoms with van der Waals surface area (Å²) >= 11 is 0. The summed E-state index contributed by atoms with van der Waals surface area (Å²) in [6.45, 7) is 0.360. The molecule has 3 rings (SSSR count). The lowest BCUT2D eigenvalue weighted by atomic mass is 10.2. The van der Waals surface area contributed by atoms with Gasteiger partial charge in [0.05, 0.1) is 5.92 Å². The van der Waals surface area contributed by atoms with E-state index >= 15 is 0 Å². The van der Waals surface area contributed by atoms with Gasteiger partial charge in [-0.1, -0.05) is 6.07 Å². The SMILES string of the molecule is O=C(COC(=O)C1CC1)NCc1ccc2c(c1)OCO2. The van der Waals surface area contributed by atoms with Gasteiger partial charge in [-0.15, -0.1) is 0 Å². The normalized spacial score (nSPS) is 15.8. The van der Waals surface area contributed by atoms with Crippen LogP contribution in [0.15, 0.2) is 18.2 Å². The fourth-order valence-corrected chi connectivity index (χ4v) is 1.88. The second-order valence-corrected chi connectivity index (χ2v) is 4.85. The van der Waals surface area contributed by atoms with Gasteiger partial charge in [-0.2, -0.15) is 0 Å². The summed E-state index contributed by atoms with van der Waals surface area (Å²) in [4.78, 5) is 22.8. The molecule has 0 unspecified atom stereocenters. The molecule has 6 nitrogen and oxygen atoms in total. The van der Waals surface area contributed by atoms with Crippen LogP contribution in [0.4, 0.5) is 0 Å². The average Bonchev–Trinajstić information content (AvgIpc) is 3.20. The number of hydrogen-bond acceptors (Lipinski definition) is 5. The lowest BCUT2D eigenvalue weighted by Gasteiger charge is -2.07. The number of amides is 1. The van der Waals surface area contributed by atoms with Gasteiger partial charge in [0, 0.05) is 6.54 Å². The van der Waals surface area contributed by atoms with Crippen LogP contribution >= 0.6 is 0 Å². The molecule has 106 valence electrons. The van der Waals surface area contributed by atoms with E-state index in [1.165, 1.54) is 0 Å². The third kappa shape index (κ3) is 3.01. The van der Waals surface area contributed by atoms with Crippen molar-refractivity contribution in [2.45, 2.75) is 19.4 Å². The Kier molecular flexibility index (Phi) is 3.45. The Morgan fingerprint density at radius 3 is 2.85 bits per heavy atom. The topological polar surface area (TPSA) is 73.9 Å². The van der Waals surface area contributed by atoms with Gasteiger partial charge in [0.15, 0.2) is 18.1 Å². The summed E-state index contributed by atoms with van der Waals surface area (Å²) < 4.78 is 15.4. The van der Waals surface area contributed by atoms with Gasteiger partial charge in [-0.3, -0.25) is 9.59 Å². The molecule has 1 amide bonds. The smallest absolute Gasteiger partial charge is 0.309 e. The number of fused-ring (bicyclic) bond motifs is 1. The van der Waals surface area contributed by atoms with Crippen molar-refractivity contribution in [2.75, 3.05) is 13.4 Å². The first-order valence-electron chi connectivity index (χ1n) is 6.54. The summed E-state index contributed by atoms with van der Waals surface area (Å²) in [6, 6.07) is 5.47. The quantitative estimate of drug-likeness (QED) is 0.812. The van der Waals surface area contributed by atoms with E-state index in [4.69, 9.17) is 14.2 Å². The van der Waals surface area contributed by atoms with E-state index < -0.39 is 0 Å². The van der Waals surface area contributed by atoms with E-state index in [0.717, 1.165) is 18.4 Å². The van der Waals surface area contributed by atoms with Crippen molar-refractivity contribution in [1.29, 1.82) is 0 Å². The average molecular weight is 277 g/mol. The van der Waals surface area contributed by atoms with Crippen LogP contribution in [0.3, 0.4) is 0 Å². The third-order valence-electron chi connectivity index (χ3n) is 3.18. The zero-order chi connectivity index (χ0) is 13.9. The Bertz CT molecular complexity index is 538. The third-order valence-corrected chi connectivity index (χ3v) is 3.18. The van der Waals surface area contributed by atoms with Gasteiger partial charge < -0.3 is 19.5 Å². The summed E-state index contributed by atoms with van der Waals surface area (Å²) in [6.07, 6.45) is 1.75. The molecule has 0 radical (unpaired) electrons. The minimum absolute atomic E-state index is 0.0108. The molecule has 0 atom stereocenters. The lowest BCUT2D eigenvalue weighted by Crippen LogP contribution is -2.28. The van der Waals surface area contributed by atoms with Crippen molar-refractivity contribution >= 4 is 11.9 Å². The fraction of sp³-hybridized carbons (Fsp3) is 0.429. The van der Waals surface area contributed by atoms with E-state index in [1.54, 1.807) is 6.07 Å². The maximum atomic E-state index is 11.6. The number of ether oxygens (including phenoxy) is 3. The van der Waals surface area contributed by atoms with Gasteiger partial charge >= 0.3 is 5.97 Å². The van der Waals surface area contributed by atoms with Crippen molar-refractivity contribution < 1.29 is 23.8 Å². The molecule has 0 bridgehead atoms. The molecule has 2 aliphatic rings. The molecule has 0 aromatic heterocycles. The summed E-state index contributed by atoms with van der Waals surface area (Å²) in [5.41, 5.74) is 0.899. The molecule has 1 saturated carbocycles. The number of carbonyl (C=O) groups excluding carboxylic acids is 2. The Balaban J connectivity index is 1.44. The molecule has 1 heterocycles. The summed E-state index contributed by atoms with van der Waals surface area (Å²) in [7, 11) is 0. The monoisotopic (exact) mass is 277 g/mol. The molecule has 1 N–H and O–H groups in total. The molecular weight excluding hydrogens is 262 g/mol. The van der Waals surface area contributed by atoms with E-state index in [-0.39, 0.29) is 31.2 Å². The van der Waals surface area contributed by atoms with Crippen LogP contribution in [-0.4, -0.2) is 25.3 Å². The lowest BCUT2D eigenvalue weighted by molar-refractivity contribution is -0.149. The first-order chi connectivity index (χ1) is 9.72. The highest BCUT2D eigenvalue weighted by atomic mass is 16.7. The van der Waals surface area contributed by atoms with Gasteiger partial charge in [0.1, 0.15) is 0 Å². The zero-order valence-electron chi connectivity index (χ0n) is 10.9.